The van der Waals surface area contributed by atoms with Gasteiger partial charge in [0.2, 0.25) is 0 Å². The zero-order valence-electron chi connectivity index (χ0n) is 14.2. The Morgan fingerprint density at radius 2 is 1.88 bits per heavy atom. The second-order valence-corrected chi connectivity index (χ2v) is 5.49. The lowest BCUT2D eigenvalue weighted by molar-refractivity contribution is 0.0597. The van der Waals surface area contributed by atoms with Crippen molar-refractivity contribution in [3.63, 3.8) is 0 Å². The van der Waals surface area contributed by atoms with Crippen LogP contribution >= 0.6 is 0 Å². The molecule has 6 nitrogen and oxygen atoms in total. The summed E-state index contributed by atoms with van der Waals surface area (Å²) in [5.74, 6) is 1.13. The van der Waals surface area contributed by atoms with Crippen molar-refractivity contribution in [1.82, 2.24) is 4.98 Å². The van der Waals surface area contributed by atoms with Gasteiger partial charge in [0.25, 0.3) is 0 Å². The topological polar surface area (TPSA) is 83.7 Å². The Morgan fingerprint density at radius 3 is 2.56 bits per heavy atom. The smallest absolute Gasteiger partial charge is 0.341 e. The largest absolute Gasteiger partial charge is 0.496 e. The van der Waals surface area contributed by atoms with Crippen LogP contribution in [0.1, 0.15) is 15.9 Å². The van der Waals surface area contributed by atoms with Gasteiger partial charge in [-0.15, -0.1) is 0 Å². The number of pyridine rings is 1. The molecule has 0 spiro atoms. The second kappa shape index (κ2) is 6.68. The van der Waals surface area contributed by atoms with Gasteiger partial charge < -0.3 is 19.9 Å². The lowest BCUT2D eigenvalue weighted by atomic mass is 10.1. The number of aryl methyl sites for hydroxylation is 1. The fraction of sp³-hybridized carbons (Fsp3) is 0.158. The van der Waals surface area contributed by atoms with Gasteiger partial charge in [0.15, 0.2) is 0 Å². The quantitative estimate of drug-likeness (QED) is 0.577. The number of hydrogen-bond acceptors (Lipinski definition) is 6. The highest BCUT2D eigenvalue weighted by molar-refractivity contribution is 5.99. The maximum atomic E-state index is 12.0. The SMILES string of the molecule is COC(=O)c1cc2c(Oc3ccc(N)c(C)c3)ccnc2cc1OC. The van der Waals surface area contributed by atoms with Crippen LogP contribution in [0.3, 0.4) is 0 Å². The molecule has 0 aliphatic rings. The van der Waals surface area contributed by atoms with E-state index in [-0.39, 0.29) is 0 Å². The average Bonchev–Trinajstić information content (AvgIpc) is 2.63. The number of methoxy groups -OCH3 is 2. The molecule has 0 unspecified atom stereocenters. The van der Waals surface area contributed by atoms with E-state index in [2.05, 4.69) is 4.98 Å². The fourth-order valence-electron chi connectivity index (χ4n) is 2.51. The van der Waals surface area contributed by atoms with Crippen LogP contribution in [0.15, 0.2) is 42.6 Å². The number of carbonyl (C=O) groups excluding carboxylic acids is 1. The summed E-state index contributed by atoms with van der Waals surface area (Å²) in [4.78, 5) is 16.3. The number of fused-ring (bicyclic) bond motifs is 1. The summed E-state index contributed by atoms with van der Waals surface area (Å²) in [6, 6.07) is 10.5. The van der Waals surface area contributed by atoms with E-state index in [9.17, 15) is 4.79 Å². The van der Waals surface area contributed by atoms with E-state index < -0.39 is 5.97 Å². The van der Waals surface area contributed by atoms with Crippen molar-refractivity contribution in [2.24, 2.45) is 0 Å². The molecule has 2 N–H and O–H groups in total. The molecular weight excluding hydrogens is 320 g/mol. The molecule has 6 heteroatoms. The van der Waals surface area contributed by atoms with Crippen LogP contribution in [0, 0.1) is 6.92 Å². The summed E-state index contributed by atoms with van der Waals surface area (Å²) in [5, 5.41) is 0.679. The predicted molar refractivity (Wildman–Crippen MR) is 95.3 cm³/mol. The van der Waals surface area contributed by atoms with Crippen molar-refractivity contribution in [2.45, 2.75) is 6.92 Å². The molecule has 0 fully saturated rings. The van der Waals surface area contributed by atoms with Gasteiger partial charge in [-0.25, -0.2) is 4.79 Å². The molecule has 0 bridgehead atoms. The zero-order valence-corrected chi connectivity index (χ0v) is 14.2. The highest BCUT2D eigenvalue weighted by Crippen LogP contribution is 2.34. The molecule has 3 rings (SSSR count). The van der Waals surface area contributed by atoms with Crippen LogP contribution in [-0.2, 0) is 4.74 Å². The minimum Gasteiger partial charge on any atom is -0.496 e. The molecule has 0 amide bonds. The molecule has 0 aliphatic carbocycles. The fourth-order valence-corrected chi connectivity index (χ4v) is 2.51. The van der Waals surface area contributed by atoms with Gasteiger partial charge in [0.1, 0.15) is 22.8 Å². The molecule has 1 heterocycles. The summed E-state index contributed by atoms with van der Waals surface area (Å²) in [7, 11) is 2.81. The first-order chi connectivity index (χ1) is 12.0. The highest BCUT2D eigenvalue weighted by Gasteiger charge is 2.17. The molecule has 0 atom stereocenters. The van der Waals surface area contributed by atoms with Crippen molar-refractivity contribution < 1.29 is 19.0 Å². The van der Waals surface area contributed by atoms with Crippen LogP contribution in [0.5, 0.6) is 17.2 Å². The first-order valence-electron chi connectivity index (χ1n) is 7.62. The number of anilines is 1. The lowest BCUT2D eigenvalue weighted by Gasteiger charge is -2.12. The van der Waals surface area contributed by atoms with E-state index in [1.54, 1.807) is 36.5 Å². The number of nitrogens with zero attached hydrogens (tertiary/aromatic N) is 1. The molecular formula is C19H18N2O4. The first-order valence-corrected chi connectivity index (χ1v) is 7.62. The number of nitrogens with two attached hydrogens (primary N) is 1. The maximum absolute atomic E-state index is 12.0. The van der Waals surface area contributed by atoms with E-state index in [4.69, 9.17) is 19.9 Å². The number of esters is 1. The number of ether oxygens (including phenoxy) is 3. The van der Waals surface area contributed by atoms with Gasteiger partial charge in [0, 0.05) is 23.3 Å². The summed E-state index contributed by atoms with van der Waals surface area (Å²) < 4.78 is 16.1. The monoisotopic (exact) mass is 338 g/mol. The van der Waals surface area contributed by atoms with Crippen LogP contribution in [0.2, 0.25) is 0 Å². The van der Waals surface area contributed by atoms with Crippen molar-refractivity contribution in [2.75, 3.05) is 20.0 Å². The van der Waals surface area contributed by atoms with Gasteiger partial charge in [-0.3, -0.25) is 4.98 Å². The summed E-state index contributed by atoms with van der Waals surface area (Å²) >= 11 is 0. The van der Waals surface area contributed by atoms with Crippen molar-refractivity contribution >= 4 is 22.6 Å². The first kappa shape index (κ1) is 16.6. The Kier molecular flexibility index (Phi) is 4.43. The number of benzene rings is 2. The number of carbonyl (C=O) groups is 1. The summed E-state index contributed by atoms with van der Waals surface area (Å²) in [6.07, 6.45) is 1.64. The minimum absolute atomic E-state index is 0.309. The molecule has 25 heavy (non-hydrogen) atoms. The van der Waals surface area contributed by atoms with Crippen LogP contribution < -0.4 is 15.2 Å². The van der Waals surface area contributed by atoms with Gasteiger partial charge in [-0.1, -0.05) is 0 Å². The molecule has 128 valence electrons. The van der Waals surface area contributed by atoms with Crippen molar-refractivity contribution in [3.05, 3.63) is 53.7 Å². The Hall–Kier alpha value is -3.28. The molecule has 0 aliphatic heterocycles. The molecule has 0 saturated carbocycles. The molecule has 3 aromatic rings. The summed E-state index contributed by atoms with van der Waals surface area (Å²) in [5.41, 5.74) is 8.42. The molecule has 2 aromatic carbocycles. The van der Waals surface area contributed by atoms with Gasteiger partial charge >= 0.3 is 5.97 Å². The van der Waals surface area contributed by atoms with Crippen LogP contribution in [-0.4, -0.2) is 25.2 Å². The average molecular weight is 338 g/mol. The van der Waals surface area contributed by atoms with Crippen LogP contribution in [0.25, 0.3) is 10.9 Å². The molecule has 0 radical (unpaired) electrons. The van der Waals surface area contributed by atoms with E-state index in [0.29, 0.717) is 39.4 Å². The highest BCUT2D eigenvalue weighted by atomic mass is 16.5. The van der Waals surface area contributed by atoms with Crippen molar-refractivity contribution in [1.29, 1.82) is 0 Å². The Morgan fingerprint density at radius 1 is 1.08 bits per heavy atom. The Labute approximate surface area is 145 Å². The maximum Gasteiger partial charge on any atom is 0.341 e. The minimum atomic E-state index is -0.489. The lowest BCUT2D eigenvalue weighted by Crippen LogP contribution is -2.04. The summed E-state index contributed by atoms with van der Waals surface area (Å²) in [6.45, 7) is 1.91. The van der Waals surface area contributed by atoms with E-state index in [0.717, 1.165) is 5.56 Å². The standard InChI is InChI=1S/C19H18N2O4/c1-11-8-12(4-5-15(11)20)25-17-6-7-21-16-10-18(23-2)14(9-13(16)17)19(22)24-3/h4-10H,20H2,1-3H3. The third kappa shape index (κ3) is 3.19. The number of nitrogen functional groups attached to an aromatic ring is 1. The van der Waals surface area contributed by atoms with Gasteiger partial charge in [0.05, 0.1) is 19.7 Å². The predicted octanol–water partition coefficient (Wildman–Crippen LogP) is 3.71. The number of rotatable bonds is 4. The van der Waals surface area contributed by atoms with Gasteiger partial charge in [-0.05, 0) is 42.8 Å². The second-order valence-electron chi connectivity index (χ2n) is 5.49. The Bertz CT molecular complexity index is 954. The number of hydrogen-bond donors (Lipinski definition) is 1. The third-order valence-corrected chi connectivity index (χ3v) is 3.90. The van der Waals surface area contributed by atoms with Crippen molar-refractivity contribution in [3.8, 4) is 17.2 Å². The van der Waals surface area contributed by atoms with Crippen LogP contribution in [0.4, 0.5) is 5.69 Å². The number of aromatic nitrogens is 1. The Balaban J connectivity index is 2.11. The molecule has 0 saturated heterocycles. The van der Waals surface area contributed by atoms with Gasteiger partial charge in [-0.2, -0.15) is 0 Å². The van der Waals surface area contributed by atoms with E-state index >= 15 is 0 Å². The third-order valence-electron chi connectivity index (χ3n) is 3.90. The zero-order chi connectivity index (χ0) is 18.0. The normalized spacial score (nSPS) is 10.5. The van der Waals surface area contributed by atoms with E-state index in [1.807, 2.05) is 13.0 Å². The molecule has 1 aromatic heterocycles. The van der Waals surface area contributed by atoms with E-state index in [1.165, 1.54) is 14.2 Å².